The molecule has 1 aliphatic heterocycles. The molecular weight excluding hydrogens is 294 g/mol. The summed E-state index contributed by atoms with van der Waals surface area (Å²) in [4.78, 5) is 30.4. The standard InChI is InChI=1S/C17H25N3O3/c1-12(16(22)23-17(2,3)4)20-10-8-14(15(20)21)19-11-13-7-5-6-9-18-13/h5-7,9,12,14,19H,8,10-11H2,1-4H3/t12-,14-/m0/s1. The van der Waals surface area contributed by atoms with Gasteiger partial charge in [-0.1, -0.05) is 6.07 Å². The lowest BCUT2D eigenvalue weighted by molar-refractivity contribution is -0.163. The average Bonchev–Trinajstić information content (AvgIpc) is 2.84. The number of hydrogen-bond acceptors (Lipinski definition) is 5. The van der Waals surface area contributed by atoms with E-state index in [9.17, 15) is 9.59 Å². The Bertz CT molecular complexity index is 554. The van der Waals surface area contributed by atoms with E-state index in [0.717, 1.165) is 5.69 Å². The van der Waals surface area contributed by atoms with Crippen LogP contribution in [0.4, 0.5) is 0 Å². The van der Waals surface area contributed by atoms with Crippen molar-refractivity contribution in [1.29, 1.82) is 0 Å². The number of aromatic nitrogens is 1. The Morgan fingerprint density at radius 3 is 2.83 bits per heavy atom. The number of esters is 1. The minimum absolute atomic E-state index is 0.0562. The first-order valence-corrected chi connectivity index (χ1v) is 7.94. The number of carbonyl (C=O) groups is 2. The van der Waals surface area contributed by atoms with Crippen LogP contribution >= 0.6 is 0 Å². The minimum Gasteiger partial charge on any atom is -0.458 e. The van der Waals surface area contributed by atoms with Gasteiger partial charge in [0.15, 0.2) is 0 Å². The van der Waals surface area contributed by atoms with Gasteiger partial charge in [0.1, 0.15) is 11.6 Å². The molecule has 23 heavy (non-hydrogen) atoms. The normalized spacial score (nSPS) is 19.7. The highest BCUT2D eigenvalue weighted by Crippen LogP contribution is 2.18. The van der Waals surface area contributed by atoms with Gasteiger partial charge in [-0.3, -0.25) is 9.78 Å². The molecule has 1 aromatic heterocycles. The zero-order chi connectivity index (χ0) is 17.0. The Kier molecular flexibility index (Phi) is 5.36. The second kappa shape index (κ2) is 7.08. The lowest BCUT2D eigenvalue weighted by Crippen LogP contribution is -2.46. The van der Waals surface area contributed by atoms with Gasteiger partial charge in [0.25, 0.3) is 0 Å². The van der Waals surface area contributed by atoms with Gasteiger partial charge >= 0.3 is 5.97 Å². The van der Waals surface area contributed by atoms with Gasteiger partial charge in [0, 0.05) is 19.3 Å². The van der Waals surface area contributed by atoms with Crippen LogP contribution in [0.1, 0.15) is 39.8 Å². The molecule has 1 amide bonds. The highest BCUT2D eigenvalue weighted by molar-refractivity contribution is 5.89. The molecule has 1 saturated heterocycles. The summed E-state index contributed by atoms with van der Waals surface area (Å²) < 4.78 is 5.36. The smallest absolute Gasteiger partial charge is 0.329 e. The number of nitrogens with zero attached hydrogens (tertiary/aromatic N) is 2. The van der Waals surface area contributed by atoms with Gasteiger partial charge in [-0.2, -0.15) is 0 Å². The third-order valence-electron chi connectivity index (χ3n) is 3.71. The van der Waals surface area contributed by atoms with E-state index < -0.39 is 11.6 Å². The first-order chi connectivity index (χ1) is 10.8. The zero-order valence-corrected chi connectivity index (χ0v) is 14.2. The van der Waals surface area contributed by atoms with E-state index in [1.807, 2.05) is 39.0 Å². The van der Waals surface area contributed by atoms with Gasteiger partial charge in [-0.15, -0.1) is 0 Å². The molecule has 6 heteroatoms. The monoisotopic (exact) mass is 319 g/mol. The van der Waals surface area contributed by atoms with Crippen LogP contribution in [-0.2, 0) is 20.9 Å². The van der Waals surface area contributed by atoms with Crippen LogP contribution in [-0.4, -0.2) is 46.0 Å². The van der Waals surface area contributed by atoms with E-state index in [2.05, 4.69) is 10.3 Å². The molecule has 0 saturated carbocycles. The fourth-order valence-corrected chi connectivity index (χ4v) is 2.52. The van der Waals surface area contributed by atoms with E-state index in [4.69, 9.17) is 4.74 Å². The number of pyridine rings is 1. The average molecular weight is 319 g/mol. The molecule has 0 spiro atoms. The number of rotatable bonds is 5. The van der Waals surface area contributed by atoms with Crippen molar-refractivity contribution < 1.29 is 14.3 Å². The summed E-state index contributed by atoms with van der Waals surface area (Å²) in [6.07, 6.45) is 2.41. The number of nitrogens with one attached hydrogen (secondary N) is 1. The van der Waals surface area contributed by atoms with E-state index in [0.29, 0.717) is 19.5 Å². The third kappa shape index (κ3) is 4.76. The highest BCUT2D eigenvalue weighted by Gasteiger charge is 2.38. The van der Waals surface area contributed by atoms with Gasteiger partial charge in [-0.25, -0.2) is 4.79 Å². The van der Waals surface area contributed by atoms with Gasteiger partial charge in [-0.05, 0) is 46.2 Å². The van der Waals surface area contributed by atoms with Crippen LogP contribution in [0.15, 0.2) is 24.4 Å². The molecule has 2 atom stereocenters. The van der Waals surface area contributed by atoms with E-state index in [-0.39, 0.29) is 17.9 Å². The van der Waals surface area contributed by atoms with Crippen molar-refractivity contribution in [2.75, 3.05) is 6.54 Å². The lowest BCUT2D eigenvalue weighted by atomic mass is 10.2. The summed E-state index contributed by atoms with van der Waals surface area (Å²) in [7, 11) is 0. The van der Waals surface area contributed by atoms with E-state index in [1.165, 1.54) is 0 Å². The summed E-state index contributed by atoms with van der Waals surface area (Å²) in [6.45, 7) is 8.26. The van der Waals surface area contributed by atoms with Crippen molar-refractivity contribution in [2.24, 2.45) is 0 Å². The predicted molar refractivity (Wildman–Crippen MR) is 86.5 cm³/mol. The van der Waals surface area contributed by atoms with Gasteiger partial charge in [0.05, 0.1) is 11.7 Å². The first-order valence-electron chi connectivity index (χ1n) is 7.94. The second-order valence-corrected chi connectivity index (χ2v) is 6.78. The fourth-order valence-electron chi connectivity index (χ4n) is 2.52. The molecule has 2 heterocycles. The van der Waals surface area contributed by atoms with Gasteiger partial charge in [0.2, 0.25) is 5.91 Å². The molecular formula is C17H25N3O3. The Hall–Kier alpha value is -1.95. The molecule has 0 aromatic carbocycles. The molecule has 1 N–H and O–H groups in total. The Morgan fingerprint density at radius 2 is 2.22 bits per heavy atom. The fraction of sp³-hybridized carbons (Fsp3) is 0.588. The number of ether oxygens (including phenoxy) is 1. The topological polar surface area (TPSA) is 71.5 Å². The number of likely N-dealkylation sites (tertiary alicyclic amines) is 1. The maximum atomic E-state index is 12.5. The van der Waals surface area contributed by atoms with Crippen LogP contribution in [0.3, 0.4) is 0 Å². The third-order valence-corrected chi connectivity index (χ3v) is 3.71. The summed E-state index contributed by atoms with van der Waals surface area (Å²) in [6, 6.07) is 4.84. The molecule has 1 aromatic rings. The predicted octanol–water partition coefficient (Wildman–Crippen LogP) is 1.50. The molecule has 126 valence electrons. The van der Waals surface area contributed by atoms with Crippen LogP contribution in [0.2, 0.25) is 0 Å². The summed E-state index contributed by atoms with van der Waals surface area (Å²) in [5, 5.41) is 3.21. The number of amides is 1. The highest BCUT2D eigenvalue weighted by atomic mass is 16.6. The molecule has 6 nitrogen and oxygen atoms in total. The van der Waals surface area contributed by atoms with Crippen LogP contribution < -0.4 is 5.32 Å². The van der Waals surface area contributed by atoms with Crippen LogP contribution in [0.5, 0.6) is 0 Å². The lowest BCUT2D eigenvalue weighted by Gasteiger charge is -2.27. The maximum absolute atomic E-state index is 12.5. The molecule has 0 bridgehead atoms. The molecule has 2 rings (SSSR count). The largest absolute Gasteiger partial charge is 0.458 e. The number of hydrogen-bond donors (Lipinski definition) is 1. The van der Waals surface area contributed by atoms with Crippen molar-refractivity contribution in [3.63, 3.8) is 0 Å². The molecule has 1 aliphatic rings. The summed E-state index contributed by atoms with van der Waals surface area (Å²) >= 11 is 0. The van der Waals surface area contributed by atoms with Crippen molar-refractivity contribution in [3.8, 4) is 0 Å². The zero-order valence-electron chi connectivity index (χ0n) is 14.2. The second-order valence-electron chi connectivity index (χ2n) is 6.78. The van der Waals surface area contributed by atoms with Gasteiger partial charge < -0.3 is 15.0 Å². The minimum atomic E-state index is -0.566. The molecule has 0 aliphatic carbocycles. The van der Waals surface area contributed by atoms with E-state index in [1.54, 1.807) is 18.0 Å². The summed E-state index contributed by atoms with van der Waals surface area (Å²) in [5.74, 6) is -0.421. The molecule has 1 fully saturated rings. The van der Waals surface area contributed by atoms with Crippen LogP contribution in [0, 0.1) is 0 Å². The maximum Gasteiger partial charge on any atom is 0.329 e. The quantitative estimate of drug-likeness (QED) is 0.833. The number of carbonyl (C=O) groups excluding carboxylic acids is 2. The SMILES string of the molecule is C[C@@H](C(=O)OC(C)(C)C)N1CC[C@H](NCc2ccccn2)C1=O. The first kappa shape index (κ1) is 17.4. The Labute approximate surface area is 137 Å². The summed E-state index contributed by atoms with van der Waals surface area (Å²) in [5.41, 5.74) is 0.337. The van der Waals surface area contributed by atoms with Crippen molar-refractivity contribution in [3.05, 3.63) is 30.1 Å². The van der Waals surface area contributed by atoms with E-state index >= 15 is 0 Å². The Balaban J connectivity index is 1.89. The van der Waals surface area contributed by atoms with Crippen molar-refractivity contribution in [2.45, 2.75) is 58.3 Å². The van der Waals surface area contributed by atoms with Crippen molar-refractivity contribution >= 4 is 11.9 Å². The van der Waals surface area contributed by atoms with Crippen LogP contribution in [0.25, 0.3) is 0 Å². The Morgan fingerprint density at radius 1 is 1.48 bits per heavy atom. The van der Waals surface area contributed by atoms with Crippen molar-refractivity contribution in [1.82, 2.24) is 15.2 Å². The molecule has 0 radical (unpaired) electrons. The molecule has 0 unspecified atom stereocenters.